The first-order valence-electron chi connectivity index (χ1n) is 5.05. The third kappa shape index (κ3) is 2.44. The number of rotatable bonds is 4. The van der Waals surface area contributed by atoms with Crippen molar-refractivity contribution in [1.82, 2.24) is 0 Å². The molecular weight excluding hydrogens is 230 g/mol. The molecule has 0 aliphatic carbocycles. The Morgan fingerprint density at radius 1 is 1.24 bits per heavy atom. The third-order valence-electron chi connectivity index (χ3n) is 2.83. The summed E-state index contributed by atoms with van der Waals surface area (Å²) in [7, 11) is 0. The highest BCUT2D eigenvalue weighted by Gasteiger charge is 2.53. The number of carboxylic acid groups (broad SMARTS) is 1. The molecule has 1 aromatic rings. The molecule has 0 aromatic heterocycles. The molecule has 0 saturated heterocycles. The van der Waals surface area contributed by atoms with Crippen molar-refractivity contribution in [1.29, 1.82) is 0 Å². The summed E-state index contributed by atoms with van der Waals surface area (Å²) in [6.07, 6.45) is -2.30. The molecule has 94 valence electrons. The van der Waals surface area contributed by atoms with Crippen LogP contribution in [0, 0.1) is 0 Å². The number of carbonyl (C=O) groups is 1. The topological polar surface area (TPSA) is 57.5 Å². The summed E-state index contributed by atoms with van der Waals surface area (Å²) in [6, 6.07) is 8.13. The summed E-state index contributed by atoms with van der Waals surface area (Å²) >= 11 is 0. The fourth-order valence-corrected chi connectivity index (χ4v) is 1.60. The summed E-state index contributed by atoms with van der Waals surface area (Å²) in [5, 5.41) is 18.0. The number of carboxylic acids is 1. The zero-order chi connectivity index (χ0) is 13.3. The lowest BCUT2D eigenvalue weighted by molar-refractivity contribution is -0.189. The zero-order valence-corrected chi connectivity index (χ0v) is 9.52. The molecule has 0 aliphatic rings. The molecule has 0 radical (unpaired) electrons. The second-order valence-corrected chi connectivity index (χ2v) is 4.42. The first kappa shape index (κ1) is 13.6. The van der Waals surface area contributed by atoms with Crippen molar-refractivity contribution >= 4 is 5.97 Å². The number of aliphatic hydroxyl groups excluding tert-OH is 1. The Morgan fingerprint density at radius 3 is 2.12 bits per heavy atom. The van der Waals surface area contributed by atoms with Crippen LogP contribution in [0.2, 0.25) is 0 Å². The Kier molecular flexibility index (Phi) is 3.52. The number of alkyl halides is 2. The van der Waals surface area contributed by atoms with Gasteiger partial charge in [-0.25, -0.2) is 4.79 Å². The smallest absolute Gasteiger partial charge is 0.377 e. The fraction of sp³-hybridized carbons (Fsp3) is 0.417. The van der Waals surface area contributed by atoms with Gasteiger partial charge in [0.05, 0.1) is 0 Å². The molecule has 0 fully saturated rings. The normalized spacial score (nSPS) is 14.4. The molecule has 1 rings (SSSR count). The highest BCUT2D eigenvalue weighted by molar-refractivity contribution is 5.76. The molecule has 0 bridgehead atoms. The van der Waals surface area contributed by atoms with E-state index in [4.69, 9.17) is 5.11 Å². The molecule has 17 heavy (non-hydrogen) atoms. The summed E-state index contributed by atoms with van der Waals surface area (Å²) in [5.41, 5.74) is -0.906. The third-order valence-corrected chi connectivity index (χ3v) is 2.83. The maximum Gasteiger partial charge on any atom is 0.377 e. The fourth-order valence-electron chi connectivity index (χ4n) is 1.60. The molecule has 0 saturated carbocycles. The average Bonchev–Trinajstić information content (AvgIpc) is 2.29. The van der Waals surface area contributed by atoms with E-state index in [-0.39, 0.29) is 0 Å². The summed E-state index contributed by atoms with van der Waals surface area (Å²) in [6.45, 7) is 2.76. The van der Waals surface area contributed by atoms with E-state index in [9.17, 15) is 18.7 Å². The first-order valence-corrected chi connectivity index (χ1v) is 5.05. The Labute approximate surface area is 97.7 Å². The Morgan fingerprint density at radius 2 is 1.71 bits per heavy atom. The van der Waals surface area contributed by atoms with E-state index in [1.165, 1.54) is 13.8 Å². The van der Waals surface area contributed by atoms with E-state index in [1.54, 1.807) is 30.3 Å². The highest BCUT2D eigenvalue weighted by atomic mass is 19.3. The van der Waals surface area contributed by atoms with Crippen LogP contribution in [0.1, 0.15) is 19.4 Å². The van der Waals surface area contributed by atoms with E-state index < -0.39 is 23.4 Å². The summed E-state index contributed by atoms with van der Waals surface area (Å²) in [5.74, 6) is -6.51. The molecular formula is C12H14F2O3. The predicted molar refractivity (Wildman–Crippen MR) is 58.1 cm³/mol. The van der Waals surface area contributed by atoms with Gasteiger partial charge in [-0.3, -0.25) is 0 Å². The van der Waals surface area contributed by atoms with Gasteiger partial charge in [0.25, 0.3) is 0 Å². The maximum absolute atomic E-state index is 13.3. The monoisotopic (exact) mass is 244 g/mol. The number of hydrogen-bond acceptors (Lipinski definition) is 2. The minimum Gasteiger partial charge on any atom is -0.477 e. The molecule has 2 N–H and O–H groups in total. The molecule has 0 heterocycles. The lowest BCUT2D eigenvalue weighted by Crippen LogP contribution is -2.51. The molecule has 1 aromatic carbocycles. The van der Waals surface area contributed by atoms with Crippen molar-refractivity contribution in [2.24, 2.45) is 0 Å². The van der Waals surface area contributed by atoms with Crippen LogP contribution in [0.5, 0.6) is 0 Å². The lowest BCUT2D eigenvalue weighted by atomic mass is 9.77. The highest BCUT2D eigenvalue weighted by Crippen LogP contribution is 2.35. The van der Waals surface area contributed by atoms with E-state index >= 15 is 0 Å². The molecule has 0 spiro atoms. The van der Waals surface area contributed by atoms with Gasteiger partial charge >= 0.3 is 11.9 Å². The standard InChI is InChI=1S/C12H14F2O3/c1-11(2,8-6-4-3-5-7-8)9(15)12(13,14)10(16)17/h3-7,9,15H,1-2H3,(H,16,17). The van der Waals surface area contributed by atoms with E-state index in [0.717, 1.165) is 0 Å². The van der Waals surface area contributed by atoms with E-state index in [0.29, 0.717) is 5.56 Å². The minimum atomic E-state index is -4.18. The van der Waals surface area contributed by atoms with Crippen LogP contribution >= 0.6 is 0 Å². The Bertz CT molecular complexity index is 401. The quantitative estimate of drug-likeness (QED) is 0.852. The van der Waals surface area contributed by atoms with Crippen molar-refractivity contribution in [3.05, 3.63) is 35.9 Å². The molecule has 1 unspecified atom stereocenters. The van der Waals surface area contributed by atoms with Crippen molar-refractivity contribution in [3.63, 3.8) is 0 Å². The van der Waals surface area contributed by atoms with Gasteiger partial charge in [-0.05, 0) is 5.56 Å². The van der Waals surface area contributed by atoms with Gasteiger partial charge in [0.1, 0.15) is 6.10 Å². The van der Waals surface area contributed by atoms with Crippen LogP contribution in [-0.4, -0.2) is 28.2 Å². The second-order valence-electron chi connectivity index (χ2n) is 4.42. The molecule has 5 heteroatoms. The van der Waals surface area contributed by atoms with Crippen LogP contribution in [0.4, 0.5) is 8.78 Å². The largest absolute Gasteiger partial charge is 0.477 e. The van der Waals surface area contributed by atoms with Crippen LogP contribution in [0.15, 0.2) is 30.3 Å². The molecule has 0 aliphatic heterocycles. The number of halogens is 2. The maximum atomic E-state index is 13.3. The van der Waals surface area contributed by atoms with E-state index in [2.05, 4.69) is 0 Å². The van der Waals surface area contributed by atoms with Crippen molar-refractivity contribution in [3.8, 4) is 0 Å². The first-order chi connectivity index (χ1) is 7.70. The lowest BCUT2D eigenvalue weighted by Gasteiger charge is -2.34. The van der Waals surface area contributed by atoms with Crippen LogP contribution < -0.4 is 0 Å². The van der Waals surface area contributed by atoms with Crippen molar-refractivity contribution in [2.75, 3.05) is 0 Å². The summed E-state index contributed by atoms with van der Waals surface area (Å²) < 4.78 is 26.5. The molecule has 0 amide bonds. The van der Waals surface area contributed by atoms with Gasteiger partial charge in [0.2, 0.25) is 0 Å². The van der Waals surface area contributed by atoms with Gasteiger partial charge in [-0.2, -0.15) is 8.78 Å². The molecule has 1 atom stereocenters. The molecule has 3 nitrogen and oxygen atoms in total. The number of hydrogen-bond donors (Lipinski definition) is 2. The zero-order valence-electron chi connectivity index (χ0n) is 9.52. The Balaban J connectivity index is 3.11. The van der Waals surface area contributed by atoms with Gasteiger partial charge in [0.15, 0.2) is 0 Å². The Hall–Kier alpha value is -1.49. The number of benzene rings is 1. The minimum absolute atomic E-state index is 0.452. The van der Waals surface area contributed by atoms with Gasteiger partial charge < -0.3 is 10.2 Å². The van der Waals surface area contributed by atoms with Gasteiger partial charge in [0, 0.05) is 5.41 Å². The van der Waals surface area contributed by atoms with Gasteiger partial charge in [-0.15, -0.1) is 0 Å². The van der Waals surface area contributed by atoms with Crippen LogP contribution in [0.3, 0.4) is 0 Å². The van der Waals surface area contributed by atoms with Crippen LogP contribution in [-0.2, 0) is 10.2 Å². The summed E-state index contributed by atoms with van der Waals surface area (Å²) in [4.78, 5) is 10.4. The SMILES string of the molecule is CC(C)(c1ccccc1)C(O)C(F)(F)C(=O)O. The van der Waals surface area contributed by atoms with Crippen LogP contribution in [0.25, 0.3) is 0 Å². The second kappa shape index (κ2) is 4.41. The van der Waals surface area contributed by atoms with Crippen molar-refractivity contribution in [2.45, 2.75) is 31.3 Å². The predicted octanol–water partition coefficient (Wildman–Crippen LogP) is 2.04. The van der Waals surface area contributed by atoms with Crippen molar-refractivity contribution < 1.29 is 23.8 Å². The number of aliphatic carboxylic acids is 1. The average molecular weight is 244 g/mol. The van der Waals surface area contributed by atoms with E-state index in [1.807, 2.05) is 0 Å². The van der Waals surface area contributed by atoms with Gasteiger partial charge in [-0.1, -0.05) is 44.2 Å². The number of aliphatic hydroxyl groups is 1.